The van der Waals surface area contributed by atoms with Gasteiger partial charge in [0.25, 0.3) is 0 Å². The minimum Gasteiger partial charge on any atom is -0.327 e. The van der Waals surface area contributed by atoms with Crippen molar-refractivity contribution in [3.8, 4) is 0 Å². The lowest BCUT2D eigenvalue weighted by atomic mass is 9.86. The van der Waals surface area contributed by atoms with Gasteiger partial charge in [0.05, 0.1) is 0 Å². The highest BCUT2D eigenvalue weighted by Gasteiger charge is 2.17. The average Bonchev–Trinajstić information content (AvgIpc) is 2.08. The SMILES string of the molecule is CC(C)(C)CC(N)Cc1cc(F)ccc1Cl. The predicted molar refractivity (Wildman–Crippen MR) is 67.2 cm³/mol. The molecule has 0 aliphatic rings. The van der Waals surface area contributed by atoms with Gasteiger partial charge in [-0.25, -0.2) is 4.39 Å². The van der Waals surface area contributed by atoms with Gasteiger partial charge >= 0.3 is 0 Å². The fourth-order valence-electron chi connectivity index (χ4n) is 1.84. The molecular weight excluding hydrogens is 225 g/mol. The minimum absolute atomic E-state index is 0.0132. The van der Waals surface area contributed by atoms with Crippen molar-refractivity contribution in [3.63, 3.8) is 0 Å². The molecule has 1 atom stereocenters. The third-order valence-electron chi connectivity index (χ3n) is 2.36. The summed E-state index contributed by atoms with van der Waals surface area (Å²) in [5.74, 6) is -0.262. The highest BCUT2D eigenvalue weighted by molar-refractivity contribution is 6.31. The Morgan fingerprint density at radius 3 is 2.56 bits per heavy atom. The molecule has 1 aromatic rings. The lowest BCUT2D eigenvalue weighted by Crippen LogP contribution is -2.28. The van der Waals surface area contributed by atoms with Gasteiger partial charge in [-0.2, -0.15) is 0 Å². The van der Waals surface area contributed by atoms with E-state index in [2.05, 4.69) is 20.8 Å². The molecular formula is C13H19ClFN. The van der Waals surface area contributed by atoms with Gasteiger partial charge < -0.3 is 5.73 Å². The summed E-state index contributed by atoms with van der Waals surface area (Å²) in [7, 11) is 0. The molecule has 0 fully saturated rings. The Bertz CT molecular complexity index is 357. The van der Waals surface area contributed by atoms with Crippen LogP contribution in [0.15, 0.2) is 18.2 Å². The molecule has 0 spiro atoms. The Morgan fingerprint density at radius 2 is 2.00 bits per heavy atom. The number of halogens is 2. The number of hydrogen-bond donors (Lipinski definition) is 1. The third kappa shape index (κ3) is 4.50. The molecule has 1 nitrogen and oxygen atoms in total. The Labute approximate surface area is 102 Å². The molecule has 0 saturated carbocycles. The summed E-state index contributed by atoms with van der Waals surface area (Å²) < 4.78 is 13.0. The zero-order valence-electron chi connectivity index (χ0n) is 10.1. The first kappa shape index (κ1) is 13.5. The molecule has 90 valence electrons. The Morgan fingerprint density at radius 1 is 1.38 bits per heavy atom. The average molecular weight is 244 g/mol. The Kier molecular flexibility index (Phi) is 4.34. The van der Waals surface area contributed by atoms with Crippen LogP contribution < -0.4 is 5.73 Å². The van der Waals surface area contributed by atoms with Crippen LogP contribution in [-0.4, -0.2) is 6.04 Å². The van der Waals surface area contributed by atoms with Crippen molar-refractivity contribution >= 4 is 11.6 Å². The summed E-state index contributed by atoms with van der Waals surface area (Å²) in [5, 5.41) is 0.589. The smallest absolute Gasteiger partial charge is 0.123 e. The summed E-state index contributed by atoms with van der Waals surface area (Å²) in [6.07, 6.45) is 1.51. The fourth-order valence-corrected chi connectivity index (χ4v) is 2.04. The maximum absolute atomic E-state index is 13.0. The van der Waals surface area contributed by atoms with Crippen molar-refractivity contribution < 1.29 is 4.39 Å². The molecule has 0 bridgehead atoms. The van der Waals surface area contributed by atoms with Crippen molar-refractivity contribution in [1.82, 2.24) is 0 Å². The Balaban J connectivity index is 2.69. The largest absolute Gasteiger partial charge is 0.327 e. The molecule has 1 aromatic carbocycles. The van der Waals surface area contributed by atoms with E-state index in [1.807, 2.05) is 0 Å². The van der Waals surface area contributed by atoms with E-state index in [0.29, 0.717) is 11.4 Å². The van der Waals surface area contributed by atoms with Crippen LogP contribution in [0.25, 0.3) is 0 Å². The van der Waals surface area contributed by atoms with Crippen LogP contribution in [0.1, 0.15) is 32.8 Å². The van der Waals surface area contributed by atoms with Gasteiger partial charge in [0.15, 0.2) is 0 Å². The number of rotatable bonds is 3. The quantitative estimate of drug-likeness (QED) is 0.859. The summed E-state index contributed by atoms with van der Waals surface area (Å²) in [6.45, 7) is 6.42. The van der Waals surface area contributed by atoms with Crippen molar-refractivity contribution in [2.75, 3.05) is 0 Å². The van der Waals surface area contributed by atoms with Crippen LogP contribution >= 0.6 is 11.6 Å². The zero-order valence-corrected chi connectivity index (χ0v) is 10.8. The molecule has 0 heterocycles. The maximum Gasteiger partial charge on any atom is 0.123 e. The first-order chi connectivity index (χ1) is 7.28. The molecule has 1 rings (SSSR count). The number of hydrogen-bond acceptors (Lipinski definition) is 1. The topological polar surface area (TPSA) is 26.0 Å². The van der Waals surface area contributed by atoms with E-state index in [1.165, 1.54) is 12.1 Å². The van der Waals surface area contributed by atoms with Crippen molar-refractivity contribution in [1.29, 1.82) is 0 Å². The molecule has 16 heavy (non-hydrogen) atoms. The van der Waals surface area contributed by atoms with Gasteiger partial charge in [0.1, 0.15) is 5.82 Å². The van der Waals surface area contributed by atoms with Gasteiger partial charge in [0, 0.05) is 11.1 Å². The van der Waals surface area contributed by atoms with Crippen molar-refractivity contribution in [2.45, 2.75) is 39.7 Å². The number of nitrogens with two attached hydrogens (primary N) is 1. The second-order valence-electron chi connectivity index (χ2n) is 5.46. The zero-order chi connectivity index (χ0) is 12.3. The molecule has 0 aromatic heterocycles. The monoisotopic (exact) mass is 243 g/mol. The summed E-state index contributed by atoms with van der Waals surface area (Å²) in [6, 6.07) is 4.42. The first-order valence-electron chi connectivity index (χ1n) is 5.47. The van der Waals surface area contributed by atoms with Crippen LogP contribution in [0, 0.1) is 11.2 Å². The first-order valence-corrected chi connectivity index (χ1v) is 5.85. The molecule has 1 unspecified atom stereocenters. The van der Waals surface area contributed by atoms with E-state index in [0.717, 1.165) is 12.0 Å². The normalized spacial score (nSPS) is 13.9. The number of benzene rings is 1. The summed E-state index contributed by atoms with van der Waals surface area (Å²) in [4.78, 5) is 0. The highest BCUT2D eigenvalue weighted by atomic mass is 35.5. The second-order valence-corrected chi connectivity index (χ2v) is 5.87. The summed E-state index contributed by atoms with van der Waals surface area (Å²) in [5.41, 5.74) is 7.00. The molecule has 0 radical (unpaired) electrons. The van der Waals surface area contributed by atoms with E-state index in [4.69, 9.17) is 17.3 Å². The summed E-state index contributed by atoms with van der Waals surface area (Å²) >= 11 is 5.99. The fraction of sp³-hybridized carbons (Fsp3) is 0.538. The van der Waals surface area contributed by atoms with Crippen LogP contribution in [0.4, 0.5) is 4.39 Å². The van der Waals surface area contributed by atoms with E-state index in [-0.39, 0.29) is 17.3 Å². The predicted octanol–water partition coefficient (Wildman–Crippen LogP) is 3.79. The lowest BCUT2D eigenvalue weighted by Gasteiger charge is -2.23. The van der Waals surface area contributed by atoms with Gasteiger partial charge in [-0.1, -0.05) is 32.4 Å². The molecule has 3 heteroatoms. The van der Waals surface area contributed by atoms with Crippen LogP contribution in [0.3, 0.4) is 0 Å². The molecule has 0 amide bonds. The minimum atomic E-state index is -0.262. The molecule has 0 aliphatic carbocycles. The molecule has 0 saturated heterocycles. The van der Waals surface area contributed by atoms with Crippen LogP contribution in [-0.2, 0) is 6.42 Å². The highest BCUT2D eigenvalue weighted by Crippen LogP contribution is 2.24. The van der Waals surface area contributed by atoms with E-state index in [9.17, 15) is 4.39 Å². The van der Waals surface area contributed by atoms with E-state index in [1.54, 1.807) is 6.07 Å². The molecule has 0 aliphatic heterocycles. The van der Waals surface area contributed by atoms with Crippen LogP contribution in [0.5, 0.6) is 0 Å². The second kappa shape index (κ2) is 5.15. The van der Waals surface area contributed by atoms with E-state index < -0.39 is 0 Å². The Hall–Kier alpha value is -0.600. The van der Waals surface area contributed by atoms with Crippen molar-refractivity contribution in [2.24, 2.45) is 11.1 Å². The standard InChI is InChI=1S/C13H19ClFN/c1-13(2,3)8-11(16)7-9-6-10(15)4-5-12(9)14/h4-6,11H,7-8,16H2,1-3H3. The molecule has 2 N–H and O–H groups in total. The van der Waals surface area contributed by atoms with Crippen molar-refractivity contribution in [3.05, 3.63) is 34.6 Å². The van der Waals surface area contributed by atoms with Gasteiger partial charge in [-0.3, -0.25) is 0 Å². The van der Waals surface area contributed by atoms with Gasteiger partial charge in [0.2, 0.25) is 0 Å². The third-order valence-corrected chi connectivity index (χ3v) is 2.73. The van der Waals surface area contributed by atoms with Gasteiger partial charge in [-0.15, -0.1) is 0 Å². The van der Waals surface area contributed by atoms with E-state index >= 15 is 0 Å². The van der Waals surface area contributed by atoms with Gasteiger partial charge in [-0.05, 0) is 42.0 Å². The lowest BCUT2D eigenvalue weighted by molar-refractivity contribution is 0.338. The maximum atomic E-state index is 13.0. The van der Waals surface area contributed by atoms with Crippen LogP contribution in [0.2, 0.25) is 5.02 Å².